The average Bonchev–Trinajstić information content (AvgIpc) is 3.68. The minimum absolute atomic E-state index is 0.0604. The molecule has 286 valence electrons. The van der Waals surface area contributed by atoms with Crippen LogP contribution in [0.1, 0.15) is 58.2 Å². The van der Waals surface area contributed by atoms with Gasteiger partial charge in [-0.3, -0.25) is 4.98 Å². The molecule has 0 aliphatic rings. The predicted octanol–water partition coefficient (Wildman–Crippen LogP) is 12.7. The molecule has 0 atom stereocenters. The molecule has 6 nitrogen and oxygen atoms in total. The molecular formula is C50H45N5OPt. The standard InChI is InChI=1S/C50H45N5O.Pt/c1-33-28-47(52-31-40(33)34-24-26-51-27-25-34)55-43-19-9-8-16-38(43)39-23-22-37(30-46(39)55)56-36-15-12-14-35(29-36)53-32-54(45-21-11-10-20-44(45)53)48-41(49(2,3)4)17-13-18-42(48)50(5,6)7;/h8-31H,1-7H3;. The maximum absolute atomic E-state index is 6.75. The summed E-state index contributed by atoms with van der Waals surface area (Å²) in [7, 11) is 0. The molecule has 0 N–H and O–H groups in total. The fraction of sp³-hybridized carbons (Fsp3) is 0.180. The van der Waals surface area contributed by atoms with E-state index in [2.05, 4.69) is 196 Å². The Morgan fingerprint density at radius 1 is 0.561 bits per heavy atom. The van der Waals surface area contributed by atoms with Gasteiger partial charge in [0.25, 0.3) is 0 Å². The van der Waals surface area contributed by atoms with Crippen molar-refractivity contribution in [3.05, 3.63) is 166 Å². The summed E-state index contributed by atoms with van der Waals surface area (Å²) in [5.74, 6) is 2.38. The van der Waals surface area contributed by atoms with Crippen LogP contribution in [0, 0.1) is 10.7 Å². The number of imidazole rings is 1. The van der Waals surface area contributed by atoms with Crippen molar-refractivity contribution in [1.29, 1.82) is 0 Å². The monoisotopic (exact) mass is 926 g/mol. The van der Waals surface area contributed by atoms with Crippen molar-refractivity contribution in [3.8, 4) is 39.8 Å². The SMILES string of the molecule is Cc1cc(-n2c3ccccc3c3ccc(Oc4cccc(-n5[c](=[Pt])n(-c6c(C(C)(C)C)cccc6C(C)(C)C)c6ccccc65)c4)cc32)ncc1-c1ccncc1. The van der Waals surface area contributed by atoms with Crippen molar-refractivity contribution >= 4 is 32.8 Å². The first-order valence-corrected chi connectivity index (χ1v) is 20.5. The molecule has 0 amide bonds. The Morgan fingerprint density at radius 2 is 1.18 bits per heavy atom. The van der Waals surface area contributed by atoms with Crippen LogP contribution in [0.3, 0.4) is 0 Å². The summed E-state index contributed by atoms with van der Waals surface area (Å²) in [4.78, 5) is 9.20. The van der Waals surface area contributed by atoms with Gasteiger partial charge in [-0.25, -0.2) is 0 Å². The van der Waals surface area contributed by atoms with Gasteiger partial charge in [0.05, 0.1) is 0 Å². The fourth-order valence-corrected chi connectivity index (χ4v) is 9.24. The summed E-state index contributed by atoms with van der Waals surface area (Å²) in [5.41, 5.74) is 12.6. The zero-order valence-electron chi connectivity index (χ0n) is 33.3. The minimum atomic E-state index is -0.0604. The first-order chi connectivity index (χ1) is 27.4. The van der Waals surface area contributed by atoms with Gasteiger partial charge >= 0.3 is 275 Å². The van der Waals surface area contributed by atoms with Crippen LogP contribution in [0.5, 0.6) is 11.5 Å². The van der Waals surface area contributed by atoms with E-state index in [1.54, 1.807) is 0 Å². The number of ether oxygens (including phenoxy) is 1. The number of para-hydroxylation sites is 4. The number of nitrogens with zero attached hydrogens (tertiary/aromatic N) is 5. The summed E-state index contributed by atoms with van der Waals surface area (Å²) < 4.78 is 14.9. The molecule has 57 heavy (non-hydrogen) atoms. The maximum atomic E-state index is 6.75. The second-order valence-electron chi connectivity index (χ2n) is 16.8. The van der Waals surface area contributed by atoms with Crippen LogP contribution in [-0.2, 0) is 30.2 Å². The average molecular weight is 927 g/mol. The number of rotatable bonds is 6. The molecule has 0 aliphatic carbocycles. The molecule has 7 heteroatoms. The van der Waals surface area contributed by atoms with E-state index < -0.39 is 0 Å². The molecule has 0 aliphatic heterocycles. The van der Waals surface area contributed by atoms with Crippen molar-refractivity contribution in [3.63, 3.8) is 0 Å². The number of pyridine rings is 2. The van der Waals surface area contributed by atoms with Crippen molar-refractivity contribution in [2.75, 3.05) is 0 Å². The Hall–Kier alpha value is -5.84. The van der Waals surface area contributed by atoms with Crippen molar-refractivity contribution < 1.29 is 24.1 Å². The second kappa shape index (κ2) is 14.0. The Bertz CT molecular complexity index is 3020. The first-order valence-electron chi connectivity index (χ1n) is 19.4. The molecule has 0 unspecified atom stereocenters. The van der Waals surface area contributed by atoms with Crippen molar-refractivity contribution in [2.24, 2.45) is 0 Å². The Labute approximate surface area is 344 Å². The van der Waals surface area contributed by atoms with Gasteiger partial charge in [-0.1, -0.05) is 12.1 Å². The van der Waals surface area contributed by atoms with Crippen molar-refractivity contribution in [1.82, 2.24) is 23.7 Å². The molecule has 0 saturated heterocycles. The molecule has 4 heterocycles. The Kier molecular flexibility index (Phi) is 9.01. The Morgan fingerprint density at radius 3 is 1.86 bits per heavy atom. The van der Waals surface area contributed by atoms with Crippen LogP contribution in [0.25, 0.3) is 61.2 Å². The summed E-state index contributed by atoms with van der Waals surface area (Å²) in [5, 5.41) is 2.32. The topological polar surface area (TPSA) is 49.8 Å². The molecule has 0 saturated carbocycles. The Balaban J connectivity index is 1.15. The number of aromatic nitrogens is 5. The molecule has 0 spiro atoms. The zero-order valence-corrected chi connectivity index (χ0v) is 35.6. The summed E-state index contributed by atoms with van der Waals surface area (Å²) >= 11 is 2.51. The number of hydrogen-bond acceptors (Lipinski definition) is 3. The normalized spacial score (nSPS) is 12.2. The van der Waals surface area contributed by atoms with Crippen molar-refractivity contribution in [2.45, 2.75) is 59.3 Å². The van der Waals surface area contributed by atoms with Crippen LogP contribution in [0.2, 0.25) is 0 Å². The molecule has 5 aromatic carbocycles. The quantitative estimate of drug-likeness (QED) is 0.167. The van der Waals surface area contributed by atoms with Gasteiger partial charge in [0.1, 0.15) is 0 Å². The van der Waals surface area contributed by atoms with Gasteiger partial charge in [-0.2, -0.15) is 0 Å². The summed E-state index contributed by atoms with van der Waals surface area (Å²) in [6.07, 6.45) is 5.61. The van der Waals surface area contributed by atoms with Crippen LogP contribution in [0.15, 0.2) is 146 Å². The van der Waals surface area contributed by atoms with Gasteiger partial charge in [0.15, 0.2) is 0 Å². The van der Waals surface area contributed by atoms with E-state index in [4.69, 9.17) is 9.72 Å². The van der Waals surface area contributed by atoms with Gasteiger partial charge in [-0.05, 0) is 30.2 Å². The van der Waals surface area contributed by atoms with E-state index in [-0.39, 0.29) is 10.8 Å². The summed E-state index contributed by atoms with van der Waals surface area (Å²) in [6.45, 7) is 16.0. The third kappa shape index (κ3) is 6.46. The minimum Gasteiger partial charge on any atom is -0.265 e. The molecule has 0 radical (unpaired) electrons. The van der Waals surface area contributed by atoms with E-state index in [9.17, 15) is 0 Å². The number of aryl methyl sites for hydroxylation is 1. The van der Waals surface area contributed by atoms with Gasteiger partial charge < -0.3 is 0 Å². The van der Waals surface area contributed by atoms with Crippen LogP contribution in [-0.4, -0.2) is 23.7 Å². The number of fused-ring (bicyclic) bond motifs is 4. The molecule has 9 rings (SSSR count). The van der Waals surface area contributed by atoms with E-state index >= 15 is 0 Å². The third-order valence-corrected chi connectivity index (χ3v) is 11.9. The fourth-order valence-electron chi connectivity index (χ4n) is 8.14. The molecule has 9 aromatic rings. The van der Waals surface area contributed by atoms with Crippen LogP contribution >= 0.6 is 0 Å². The third-order valence-electron chi connectivity index (χ3n) is 10.9. The second-order valence-corrected chi connectivity index (χ2v) is 17.8. The molecule has 0 fully saturated rings. The molecule has 4 aromatic heterocycles. The zero-order chi connectivity index (χ0) is 39.6. The summed E-state index contributed by atoms with van der Waals surface area (Å²) in [6, 6.07) is 45.0. The van der Waals surface area contributed by atoms with Crippen LogP contribution < -0.4 is 4.74 Å². The van der Waals surface area contributed by atoms with Gasteiger partial charge in [0.2, 0.25) is 0 Å². The first kappa shape index (κ1) is 36.8. The predicted molar refractivity (Wildman–Crippen MR) is 230 cm³/mol. The van der Waals surface area contributed by atoms with Crippen LogP contribution in [0.4, 0.5) is 0 Å². The number of hydrogen-bond donors (Lipinski definition) is 0. The van der Waals surface area contributed by atoms with E-state index in [1.807, 2.05) is 36.8 Å². The number of benzene rings is 5. The molecule has 0 bridgehead atoms. The van der Waals surface area contributed by atoms with Gasteiger partial charge in [-0.15, -0.1) is 0 Å². The van der Waals surface area contributed by atoms with Gasteiger partial charge in [0, 0.05) is 24.2 Å². The van der Waals surface area contributed by atoms with E-state index in [0.717, 1.165) is 71.0 Å². The van der Waals surface area contributed by atoms with E-state index in [1.165, 1.54) is 22.2 Å². The smallest absolute Gasteiger partial charge is 0.265 e. The van der Waals surface area contributed by atoms with E-state index in [0.29, 0.717) is 0 Å². The molecular weight excluding hydrogens is 882 g/mol.